The molecule has 2 fully saturated rings. The van der Waals surface area contributed by atoms with Crippen molar-refractivity contribution in [2.24, 2.45) is 0 Å². The molecule has 2 aliphatic rings. The molecule has 0 bridgehead atoms. The first-order valence-electron chi connectivity index (χ1n) is 7.51. The summed E-state index contributed by atoms with van der Waals surface area (Å²) in [6.07, 6.45) is 4.29. The van der Waals surface area contributed by atoms with Crippen LogP contribution in [0.1, 0.15) is 36.8 Å². The maximum absolute atomic E-state index is 12.8. The van der Waals surface area contributed by atoms with Crippen molar-refractivity contribution in [3.05, 3.63) is 28.3 Å². The van der Waals surface area contributed by atoms with Crippen LogP contribution in [0.5, 0.6) is 0 Å². The lowest BCUT2D eigenvalue weighted by molar-refractivity contribution is 0.477. The summed E-state index contributed by atoms with van der Waals surface area (Å²) in [7, 11) is -3.42. The Morgan fingerprint density at radius 2 is 1.95 bits per heavy atom. The molecule has 1 aliphatic heterocycles. The Bertz CT molecular complexity index is 635. The highest BCUT2D eigenvalue weighted by Crippen LogP contribution is 2.29. The van der Waals surface area contributed by atoms with Gasteiger partial charge in [0.25, 0.3) is 0 Å². The van der Waals surface area contributed by atoms with Gasteiger partial charge in [0.15, 0.2) is 0 Å². The molecule has 0 radical (unpaired) electrons. The molecule has 0 spiro atoms. The van der Waals surface area contributed by atoms with E-state index in [1.54, 1.807) is 10.4 Å². The molecule has 0 amide bonds. The van der Waals surface area contributed by atoms with Crippen LogP contribution < -0.4 is 5.32 Å². The SMILES string of the molecule is Cc1c(CNC2CC2)cc(Cl)cc1S(=O)(=O)N1CCCC1. The molecule has 116 valence electrons. The minimum atomic E-state index is -3.42. The zero-order chi connectivity index (χ0) is 15.0. The van der Waals surface area contributed by atoms with Gasteiger partial charge in [-0.2, -0.15) is 4.31 Å². The van der Waals surface area contributed by atoms with E-state index in [-0.39, 0.29) is 0 Å². The van der Waals surface area contributed by atoms with Crippen LogP contribution in [0.3, 0.4) is 0 Å². The smallest absolute Gasteiger partial charge is 0.243 e. The fraction of sp³-hybridized carbons (Fsp3) is 0.600. The lowest BCUT2D eigenvalue weighted by atomic mass is 10.1. The van der Waals surface area contributed by atoms with Crippen LogP contribution in [0.25, 0.3) is 0 Å². The van der Waals surface area contributed by atoms with Crippen LogP contribution in [-0.2, 0) is 16.6 Å². The highest BCUT2D eigenvalue weighted by Gasteiger charge is 2.29. The molecule has 1 saturated heterocycles. The van der Waals surface area contributed by atoms with Gasteiger partial charge in [0.2, 0.25) is 10.0 Å². The summed E-state index contributed by atoms with van der Waals surface area (Å²) in [5, 5.41) is 3.91. The number of rotatable bonds is 5. The average molecular weight is 329 g/mol. The Morgan fingerprint density at radius 1 is 1.29 bits per heavy atom. The first-order chi connectivity index (χ1) is 9.98. The fourth-order valence-corrected chi connectivity index (χ4v) is 4.89. The molecule has 1 aliphatic carbocycles. The van der Waals surface area contributed by atoms with Crippen LogP contribution in [0.2, 0.25) is 5.02 Å². The van der Waals surface area contributed by atoms with E-state index in [9.17, 15) is 8.42 Å². The molecule has 1 aromatic carbocycles. The van der Waals surface area contributed by atoms with Gasteiger partial charge >= 0.3 is 0 Å². The standard InChI is InChI=1S/C15H21ClN2O2S/c1-11-12(10-17-14-4-5-14)8-13(16)9-15(11)21(19,20)18-6-2-3-7-18/h8-9,14,17H,2-7,10H2,1H3. The number of halogens is 1. The number of nitrogens with zero attached hydrogens (tertiary/aromatic N) is 1. The van der Waals surface area contributed by atoms with E-state index in [2.05, 4.69) is 5.32 Å². The van der Waals surface area contributed by atoms with Crippen LogP contribution in [0, 0.1) is 6.92 Å². The van der Waals surface area contributed by atoms with E-state index in [4.69, 9.17) is 11.6 Å². The van der Waals surface area contributed by atoms with Gasteiger partial charge in [-0.05, 0) is 55.9 Å². The molecule has 3 rings (SSSR count). The quantitative estimate of drug-likeness (QED) is 0.904. The molecular weight excluding hydrogens is 308 g/mol. The van der Waals surface area contributed by atoms with E-state index in [0.717, 1.165) is 24.0 Å². The van der Waals surface area contributed by atoms with Crippen molar-refractivity contribution in [3.8, 4) is 0 Å². The predicted molar refractivity (Wildman–Crippen MR) is 84.0 cm³/mol. The monoisotopic (exact) mass is 328 g/mol. The Balaban J connectivity index is 1.93. The first-order valence-corrected chi connectivity index (χ1v) is 9.33. The first kappa shape index (κ1) is 15.3. The van der Waals surface area contributed by atoms with Crippen molar-refractivity contribution < 1.29 is 8.42 Å². The Kier molecular flexibility index (Phi) is 4.28. The van der Waals surface area contributed by atoms with E-state index < -0.39 is 10.0 Å². The molecule has 1 saturated carbocycles. The Morgan fingerprint density at radius 3 is 2.57 bits per heavy atom. The van der Waals surface area contributed by atoms with Gasteiger partial charge in [0, 0.05) is 30.7 Å². The maximum atomic E-state index is 12.8. The van der Waals surface area contributed by atoms with Crippen LogP contribution in [-0.4, -0.2) is 31.9 Å². The molecule has 0 unspecified atom stereocenters. The maximum Gasteiger partial charge on any atom is 0.243 e. The second-order valence-corrected chi connectivity index (χ2v) is 8.30. The van der Waals surface area contributed by atoms with E-state index in [1.807, 2.05) is 13.0 Å². The second-order valence-electron chi connectivity index (χ2n) is 5.95. The average Bonchev–Trinajstić information content (AvgIpc) is 3.09. The van der Waals surface area contributed by atoms with Gasteiger partial charge in [-0.15, -0.1) is 0 Å². The summed E-state index contributed by atoms with van der Waals surface area (Å²) in [5.74, 6) is 0. The summed E-state index contributed by atoms with van der Waals surface area (Å²) in [6, 6.07) is 4.04. The summed E-state index contributed by atoms with van der Waals surface area (Å²) >= 11 is 6.15. The van der Waals surface area contributed by atoms with Crippen molar-refractivity contribution in [1.82, 2.24) is 9.62 Å². The van der Waals surface area contributed by atoms with E-state index in [1.165, 1.54) is 12.8 Å². The highest BCUT2D eigenvalue weighted by molar-refractivity contribution is 7.89. The Labute approximate surface area is 131 Å². The minimum absolute atomic E-state index is 0.365. The summed E-state index contributed by atoms with van der Waals surface area (Å²) in [5.41, 5.74) is 1.80. The number of hydrogen-bond donors (Lipinski definition) is 1. The molecule has 0 atom stereocenters. The summed E-state index contributed by atoms with van der Waals surface area (Å²) in [6.45, 7) is 3.79. The molecule has 1 aromatic rings. The van der Waals surface area contributed by atoms with Gasteiger partial charge in [0.05, 0.1) is 4.90 Å². The van der Waals surface area contributed by atoms with Gasteiger partial charge in [0.1, 0.15) is 0 Å². The zero-order valence-electron chi connectivity index (χ0n) is 12.2. The van der Waals surface area contributed by atoms with E-state index >= 15 is 0 Å². The molecule has 1 heterocycles. The minimum Gasteiger partial charge on any atom is -0.310 e. The topological polar surface area (TPSA) is 49.4 Å². The normalized spacial score (nSPS) is 20.1. The molecule has 4 nitrogen and oxygen atoms in total. The van der Waals surface area contributed by atoms with Crippen molar-refractivity contribution in [1.29, 1.82) is 0 Å². The third kappa shape index (κ3) is 3.26. The fourth-order valence-electron chi connectivity index (χ4n) is 2.77. The van der Waals surface area contributed by atoms with Crippen LogP contribution >= 0.6 is 11.6 Å². The van der Waals surface area contributed by atoms with Gasteiger partial charge in [-0.25, -0.2) is 8.42 Å². The second kappa shape index (κ2) is 5.88. The molecule has 0 aromatic heterocycles. The third-order valence-electron chi connectivity index (χ3n) is 4.27. The third-order valence-corrected chi connectivity index (χ3v) is 6.52. The molecular formula is C15H21ClN2O2S. The van der Waals surface area contributed by atoms with Gasteiger partial charge in [-0.3, -0.25) is 0 Å². The largest absolute Gasteiger partial charge is 0.310 e. The zero-order valence-corrected chi connectivity index (χ0v) is 13.8. The van der Waals surface area contributed by atoms with Crippen molar-refractivity contribution in [3.63, 3.8) is 0 Å². The van der Waals surface area contributed by atoms with E-state index in [0.29, 0.717) is 35.6 Å². The Hall–Kier alpha value is -0.620. The summed E-state index contributed by atoms with van der Waals surface area (Å²) in [4.78, 5) is 0.365. The highest BCUT2D eigenvalue weighted by atomic mass is 35.5. The van der Waals surface area contributed by atoms with Crippen LogP contribution in [0.4, 0.5) is 0 Å². The van der Waals surface area contributed by atoms with Gasteiger partial charge in [-0.1, -0.05) is 11.6 Å². The number of benzene rings is 1. The lowest BCUT2D eigenvalue weighted by Gasteiger charge is -2.19. The van der Waals surface area contributed by atoms with Gasteiger partial charge < -0.3 is 5.32 Å². The number of sulfonamides is 1. The van der Waals surface area contributed by atoms with Crippen molar-refractivity contribution in [2.75, 3.05) is 13.1 Å². The molecule has 1 N–H and O–H groups in total. The van der Waals surface area contributed by atoms with Crippen LogP contribution in [0.15, 0.2) is 17.0 Å². The summed E-state index contributed by atoms with van der Waals surface area (Å²) < 4.78 is 27.1. The van der Waals surface area contributed by atoms with Crippen molar-refractivity contribution in [2.45, 2.75) is 50.1 Å². The van der Waals surface area contributed by atoms with Crippen molar-refractivity contribution >= 4 is 21.6 Å². The molecule has 21 heavy (non-hydrogen) atoms. The molecule has 6 heteroatoms. The predicted octanol–water partition coefficient (Wildman–Crippen LogP) is 2.68. The lowest BCUT2D eigenvalue weighted by Crippen LogP contribution is -2.29. The number of nitrogens with one attached hydrogen (secondary N) is 1. The number of hydrogen-bond acceptors (Lipinski definition) is 3.